The minimum Gasteiger partial charge on any atom is -0.872 e. The van der Waals surface area contributed by atoms with Crippen LogP contribution in [0.25, 0.3) is 0 Å². The Balaban J connectivity index is 0. The van der Waals surface area contributed by atoms with E-state index < -0.39 is 5.90 Å². The molecule has 0 saturated carbocycles. The third kappa shape index (κ3) is 7.63. The Bertz CT molecular complexity index is 839. The molecule has 0 aliphatic rings. The second-order valence-corrected chi connectivity index (χ2v) is 8.33. The van der Waals surface area contributed by atoms with E-state index in [4.69, 9.17) is 0 Å². The summed E-state index contributed by atoms with van der Waals surface area (Å²) in [6.45, 7) is 12.3. The Morgan fingerprint density at radius 2 is 1.66 bits per heavy atom. The van der Waals surface area contributed by atoms with E-state index in [1.54, 1.807) is 18.3 Å². The predicted octanol–water partition coefficient (Wildman–Crippen LogP) is 2.54. The van der Waals surface area contributed by atoms with Gasteiger partial charge in [-0.25, -0.2) is 0 Å². The molecule has 29 heavy (non-hydrogen) atoms. The summed E-state index contributed by atoms with van der Waals surface area (Å²) in [6, 6.07) is 7.07. The molecule has 0 amide bonds. The van der Waals surface area contributed by atoms with Crippen molar-refractivity contribution in [1.82, 2.24) is 4.98 Å². The summed E-state index contributed by atoms with van der Waals surface area (Å²) in [7, 11) is 0. The molecule has 1 aromatic heterocycles. The number of nitrogens with zero attached hydrogens (tertiary/aromatic N) is 3. The Kier molecular flexibility index (Phi) is 11.1. The van der Waals surface area contributed by atoms with Gasteiger partial charge >= 0.3 is 18.6 Å². The van der Waals surface area contributed by atoms with Crippen LogP contribution in [0.15, 0.2) is 46.9 Å². The SMILES string of the molecule is CC(C)(C)c1cc(/C=N/N=C(\[O-])c2cccnc2)c([O-])c(C(C)(C)C)c1.[OH-].[OH-].[V+4]. The van der Waals surface area contributed by atoms with Crippen LogP contribution in [0.3, 0.4) is 0 Å². The number of hydrogen-bond acceptors (Lipinski definition) is 7. The van der Waals surface area contributed by atoms with Gasteiger partial charge in [0.05, 0.1) is 6.21 Å². The zero-order chi connectivity index (χ0) is 19.5. The largest absolute Gasteiger partial charge is 4.00 e. The minimum absolute atomic E-state index is 0. The van der Waals surface area contributed by atoms with Gasteiger partial charge in [-0.05, 0) is 33.6 Å². The fourth-order valence-corrected chi connectivity index (χ4v) is 2.43. The van der Waals surface area contributed by atoms with Crippen molar-refractivity contribution in [1.29, 1.82) is 0 Å². The molecule has 0 unspecified atom stereocenters. The summed E-state index contributed by atoms with van der Waals surface area (Å²) in [5.41, 5.74) is 2.16. The molecule has 155 valence electrons. The maximum absolute atomic E-state index is 12.8. The van der Waals surface area contributed by atoms with Gasteiger partial charge in [-0.3, -0.25) is 4.98 Å². The summed E-state index contributed by atoms with van der Waals surface area (Å²) >= 11 is 0. The second-order valence-electron chi connectivity index (χ2n) is 8.33. The molecule has 1 aromatic carbocycles. The number of pyridine rings is 1. The van der Waals surface area contributed by atoms with Crippen molar-refractivity contribution >= 4 is 12.1 Å². The first-order valence-corrected chi connectivity index (χ1v) is 8.54. The average Bonchev–Trinajstić information content (AvgIpc) is 2.55. The Morgan fingerprint density at radius 1 is 1.03 bits per heavy atom. The Labute approximate surface area is 184 Å². The molecule has 2 aromatic rings. The smallest absolute Gasteiger partial charge is 0.872 e. The van der Waals surface area contributed by atoms with Gasteiger partial charge < -0.3 is 21.2 Å². The van der Waals surface area contributed by atoms with Gasteiger partial charge in [-0.15, -0.1) is 0 Å². The Hall–Kier alpha value is -2.19. The summed E-state index contributed by atoms with van der Waals surface area (Å²) < 4.78 is 0. The van der Waals surface area contributed by atoms with Crippen LogP contribution in [0, 0.1) is 0 Å². The van der Waals surface area contributed by atoms with Gasteiger partial charge in [0.1, 0.15) is 0 Å². The first-order valence-electron chi connectivity index (χ1n) is 8.54. The summed E-state index contributed by atoms with van der Waals surface area (Å²) in [4.78, 5) is 3.88. The molecule has 0 spiro atoms. The van der Waals surface area contributed by atoms with Gasteiger partial charge in [0.25, 0.3) is 0 Å². The maximum Gasteiger partial charge on any atom is 4.00 e. The average molecular weight is 436 g/mol. The van der Waals surface area contributed by atoms with Crippen LogP contribution in [0.4, 0.5) is 0 Å². The third-order valence-corrected chi connectivity index (χ3v) is 4.05. The molecule has 0 fully saturated rings. The molecule has 0 atom stereocenters. The van der Waals surface area contributed by atoms with Gasteiger partial charge in [0.15, 0.2) is 0 Å². The van der Waals surface area contributed by atoms with Crippen LogP contribution < -0.4 is 10.2 Å². The summed E-state index contributed by atoms with van der Waals surface area (Å²) in [6.07, 6.45) is 4.37. The van der Waals surface area contributed by atoms with E-state index in [-0.39, 0.29) is 46.1 Å². The van der Waals surface area contributed by atoms with E-state index in [0.717, 1.165) is 11.1 Å². The molecular formula is C21H27N3O4V. The normalized spacial score (nSPS) is 12.0. The zero-order valence-electron chi connectivity index (χ0n) is 17.5. The molecule has 2 N–H and O–H groups in total. The maximum atomic E-state index is 12.8. The van der Waals surface area contributed by atoms with E-state index in [0.29, 0.717) is 11.1 Å². The Morgan fingerprint density at radius 3 is 2.14 bits per heavy atom. The van der Waals surface area contributed by atoms with Crippen molar-refractivity contribution in [2.24, 2.45) is 10.2 Å². The van der Waals surface area contributed by atoms with Crippen molar-refractivity contribution in [3.05, 3.63) is 58.9 Å². The third-order valence-electron chi connectivity index (χ3n) is 4.05. The van der Waals surface area contributed by atoms with Gasteiger partial charge in [-0.2, -0.15) is 10.2 Å². The standard InChI is InChI=1S/C21H27N3O2.2H2O.V/c1-20(2,3)16-10-15(18(25)17(11-16)21(4,5)6)13-23-24-19(26)14-8-7-9-22-12-14;;;/h7-13,25H,1-6H3,(H,24,26);2*1H2;/q;;;+4/p-4/b23-13+;;;. The van der Waals surface area contributed by atoms with Gasteiger partial charge in [-0.1, -0.05) is 65.5 Å². The predicted molar refractivity (Wildman–Crippen MR) is 106 cm³/mol. The van der Waals surface area contributed by atoms with Crippen molar-refractivity contribution < 1.29 is 39.7 Å². The van der Waals surface area contributed by atoms with Crippen molar-refractivity contribution in [3.8, 4) is 5.75 Å². The first-order chi connectivity index (χ1) is 12.0. The topological polar surface area (TPSA) is 144 Å². The van der Waals surface area contributed by atoms with Crippen LogP contribution in [0.5, 0.6) is 5.75 Å². The number of aromatic nitrogens is 1. The number of hydrogen-bond donors (Lipinski definition) is 0. The van der Waals surface area contributed by atoms with Crippen LogP contribution in [-0.2, 0) is 29.4 Å². The van der Waals surface area contributed by atoms with E-state index in [9.17, 15) is 10.2 Å². The molecule has 0 bridgehead atoms. The molecule has 8 heteroatoms. The number of rotatable bonds is 3. The van der Waals surface area contributed by atoms with Crippen LogP contribution >= 0.6 is 0 Å². The molecule has 0 aliphatic carbocycles. The molecule has 0 aliphatic heterocycles. The van der Waals surface area contributed by atoms with E-state index in [1.165, 1.54) is 12.4 Å². The molecular weight excluding hydrogens is 409 g/mol. The molecule has 7 nitrogen and oxygen atoms in total. The first kappa shape index (κ1) is 29.0. The quantitative estimate of drug-likeness (QED) is 0.412. The number of benzene rings is 1. The van der Waals surface area contributed by atoms with Gasteiger partial charge in [0, 0.05) is 23.9 Å². The van der Waals surface area contributed by atoms with Crippen LogP contribution in [0.2, 0.25) is 0 Å². The fraction of sp³-hybridized carbons (Fsp3) is 0.381. The molecule has 2 rings (SSSR count). The monoisotopic (exact) mass is 436 g/mol. The van der Waals surface area contributed by atoms with E-state index in [1.807, 2.05) is 32.9 Å². The zero-order valence-corrected chi connectivity index (χ0v) is 18.9. The minimum atomic E-state index is -0.496. The summed E-state index contributed by atoms with van der Waals surface area (Å²) in [5, 5.41) is 32.3. The van der Waals surface area contributed by atoms with Crippen LogP contribution in [0.1, 0.15) is 63.8 Å². The fourth-order valence-electron chi connectivity index (χ4n) is 2.43. The second kappa shape index (κ2) is 11.1. The van der Waals surface area contributed by atoms with Crippen molar-refractivity contribution in [2.45, 2.75) is 52.4 Å². The van der Waals surface area contributed by atoms with E-state index >= 15 is 0 Å². The van der Waals surface area contributed by atoms with Crippen molar-refractivity contribution in [3.63, 3.8) is 0 Å². The van der Waals surface area contributed by atoms with Crippen molar-refractivity contribution in [2.75, 3.05) is 0 Å². The molecule has 0 saturated heterocycles. The van der Waals surface area contributed by atoms with Crippen LogP contribution in [-0.4, -0.2) is 28.0 Å². The van der Waals surface area contributed by atoms with Gasteiger partial charge in [0.2, 0.25) is 0 Å². The summed E-state index contributed by atoms with van der Waals surface area (Å²) in [5.74, 6) is -0.580. The van der Waals surface area contributed by atoms with E-state index in [2.05, 4.69) is 36.0 Å². The molecule has 1 heterocycles. The molecule has 1 radical (unpaired) electrons.